The molecular formula is C18H14ClF. The maximum absolute atomic E-state index is 13.5. The summed E-state index contributed by atoms with van der Waals surface area (Å²) in [5.41, 5.74) is 3.16. The molecule has 0 aliphatic rings. The molecule has 3 aromatic rings. The molecule has 2 heteroatoms. The van der Waals surface area contributed by atoms with E-state index in [1.54, 1.807) is 6.07 Å². The highest BCUT2D eigenvalue weighted by Crippen LogP contribution is 2.27. The van der Waals surface area contributed by atoms with Crippen molar-refractivity contribution >= 4 is 22.4 Å². The number of rotatable bonds is 2. The summed E-state index contributed by atoms with van der Waals surface area (Å²) in [6.45, 7) is 2.14. The van der Waals surface area contributed by atoms with Crippen LogP contribution >= 0.6 is 11.6 Å². The second kappa shape index (κ2) is 5.26. The Labute approximate surface area is 122 Å². The molecule has 3 aromatic carbocycles. The third kappa shape index (κ3) is 2.41. The normalized spacial score (nSPS) is 10.9. The molecule has 0 fully saturated rings. The van der Waals surface area contributed by atoms with Gasteiger partial charge in [0, 0.05) is 0 Å². The summed E-state index contributed by atoms with van der Waals surface area (Å²) in [6.07, 6.45) is 1.03. The van der Waals surface area contributed by atoms with E-state index in [1.165, 1.54) is 17.0 Å². The van der Waals surface area contributed by atoms with Gasteiger partial charge in [0.2, 0.25) is 0 Å². The molecule has 0 aliphatic heterocycles. The third-order valence-corrected chi connectivity index (χ3v) is 3.87. The van der Waals surface area contributed by atoms with Gasteiger partial charge in [0.05, 0.1) is 5.02 Å². The van der Waals surface area contributed by atoms with Gasteiger partial charge in [0.25, 0.3) is 0 Å². The molecule has 0 spiro atoms. The van der Waals surface area contributed by atoms with E-state index in [0.717, 1.165) is 22.9 Å². The molecule has 0 atom stereocenters. The molecule has 0 heterocycles. The Morgan fingerprint density at radius 1 is 0.850 bits per heavy atom. The van der Waals surface area contributed by atoms with Crippen molar-refractivity contribution in [2.45, 2.75) is 13.3 Å². The van der Waals surface area contributed by atoms with E-state index in [4.69, 9.17) is 11.6 Å². The first-order valence-corrected chi connectivity index (χ1v) is 7.03. The minimum atomic E-state index is -0.384. The minimum Gasteiger partial charge on any atom is -0.205 e. The molecular weight excluding hydrogens is 271 g/mol. The minimum absolute atomic E-state index is 0.155. The van der Waals surface area contributed by atoms with Crippen LogP contribution in [-0.2, 0) is 6.42 Å². The van der Waals surface area contributed by atoms with Crippen LogP contribution < -0.4 is 0 Å². The zero-order chi connectivity index (χ0) is 14.1. The molecule has 0 saturated heterocycles. The SMILES string of the molecule is CCc1ccc2cc(-c3ccc(Cl)c(F)c3)ccc2c1. The van der Waals surface area contributed by atoms with Crippen LogP contribution in [-0.4, -0.2) is 0 Å². The molecule has 3 rings (SSSR count). The highest BCUT2D eigenvalue weighted by molar-refractivity contribution is 6.30. The quantitative estimate of drug-likeness (QED) is 0.553. The monoisotopic (exact) mass is 284 g/mol. The molecule has 0 saturated carbocycles. The zero-order valence-corrected chi connectivity index (χ0v) is 11.9. The van der Waals surface area contributed by atoms with Gasteiger partial charge in [-0.25, -0.2) is 4.39 Å². The fourth-order valence-corrected chi connectivity index (χ4v) is 2.49. The molecule has 0 aliphatic carbocycles. The summed E-state index contributed by atoms with van der Waals surface area (Å²) in [5, 5.41) is 2.53. The molecule has 20 heavy (non-hydrogen) atoms. The largest absolute Gasteiger partial charge is 0.205 e. The van der Waals surface area contributed by atoms with Gasteiger partial charge in [-0.1, -0.05) is 54.9 Å². The molecule has 0 N–H and O–H groups in total. The number of hydrogen-bond donors (Lipinski definition) is 0. The lowest BCUT2D eigenvalue weighted by Crippen LogP contribution is -1.84. The number of halogens is 2. The van der Waals surface area contributed by atoms with Crippen molar-refractivity contribution in [2.75, 3.05) is 0 Å². The molecule has 100 valence electrons. The summed E-state index contributed by atoms with van der Waals surface area (Å²) in [7, 11) is 0. The van der Waals surface area contributed by atoms with Gasteiger partial charge in [-0.2, -0.15) is 0 Å². The lowest BCUT2D eigenvalue weighted by atomic mass is 9.99. The first kappa shape index (κ1) is 13.1. The van der Waals surface area contributed by atoms with Crippen LogP contribution in [0.3, 0.4) is 0 Å². The lowest BCUT2D eigenvalue weighted by Gasteiger charge is -2.06. The van der Waals surface area contributed by atoms with Crippen LogP contribution in [0.15, 0.2) is 54.6 Å². The van der Waals surface area contributed by atoms with Gasteiger partial charge in [0.1, 0.15) is 5.82 Å². The second-order valence-electron chi connectivity index (χ2n) is 4.88. The fourth-order valence-electron chi connectivity index (χ4n) is 2.37. The Bertz CT molecular complexity index is 777. The Kier molecular flexibility index (Phi) is 3.45. The van der Waals surface area contributed by atoms with Crippen LogP contribution in [0.2, 0.25) is 5.02 Å². The summed E-state index contributed by atoms with van der Waals surface area (Å²) >= 11 is 5.72. The van der Waals surface area contributed by atoms with Gasteiger partial charge < -0.3 is 0 Å². The molecule has 0 aromatic heterocycles. The first-order chi connectivity index (χ1) is 9.67. The lowest BCUT2D eigenvalue weighted by molar-refractivity contribution is 0.629. The van der Waals surface area contributed by atoms with Crippen molar-refractivity contribution < 1.29 is 4.39 Å². The average Bonchev–Trinajstić information content (AvgIpc) is 2.49. The number of fused-ring (bicyclic) bond motifs is 1. The standard InChI is InChI=1S/C18H14ClF/c1-2-12-3-4-14-10-15(6-5-13(14)9-12)16-7-8-17(19)18(20)11-16/h3-11H,2H2,1H3. The number of aryl methyl sites for hydroxylation is 1. The maximum atomic E-state index is 13.5. The fraction of sp³-hybridized carbons (Fsp3) is 0.111. The Hall–Kier alpha value is -1.86. The van der Waals surface area contributed by atoms with E-state index in [0.29, 0.717) is 0 Å². The molecule has 0 radical (unpaired) electrons. The van der Waals surface area contributed by atoms with Crippen molar-refractivity contribution in [1.29, 1.82) is 0 Å². The maximum Gasteiger partial charge on any atom is 0.142 e. The predicted octanol–water partition coefficient (Wildman–Crippen LogP) is 5.86. The van der Waals surface area contributed by atoms with E-state index in [-0.39, 0.29) is 10.8 Å². The van der Waals surface area contributed by atoms with Crippen LogP contribution in [0.1, 0.15) is 12.5 Å². The number of benzene rings is 3. The number of hydrogen-bond acceptors (Lipinski definition) is 0. The summed E-state index contributed by atoms with van der Waals surface area (Å²) < 4.78 is 13.5. The topological polar surface area (TPSA) is 0 Å². The van der Waals surface area contributed by atoms with E-state index in [9.17, 15) is 4.39 Å². The van der Waals surface area contributed by atoms with Crippen LogP contribution in [0, 0.1) is 5.82 Å². The Balaban J connectivity index is 2.10. The highest BCUT2D eigenvalue weighted by Gasteiger charge is 2.04. The van der Waals surface area contributed by atoms with Crippen molar-refractivity contribution in [2.24, 2.45) is 0 Å². The van der Waals surface area contributed by atoms with E-state index in [1.807, 2.05) is 12.1 Å². The molecule has 0 amide bonds. The van der Waals surface area contributed by atoms with Crippen molar-refractivity contribution in [1.82, 2.24) is 0 Å². The molecule has 0 nitrogen and oxygen atoms in total. The molecule has 0 bridgehead atoms. The van der Waals surface area contributed by atoms with Gasteiger partial charge in [-0.15, -0.1) is 0 Å². The Morgan fingerprint density at radius 3 is 2.25 bits per heavy atom. The predicted molar refractivity (Wildman–Crippen MR) is 83.7 cm³/mol. The van der Waals surface area contributed by atoms with E-state index < -0.39 is 0 Å². The highest BCUT2D eigenvalue weighted by atomic mass is 35.5. The average molecular weight is 285 g/mol. The zero-order valence-electron chi connectivity index (χ0n) is 11.2. The summed E-state index contributed by atoms with van der Waals surface area (Å²) in [5.74, 6) is -0.384. The third-order valence-electron chi connectivity index (χ3n) is 3.57. The van der Waals surface area contributed by atoms with Crippen molar-refractivity contribution in [3.63, 3.8) is 0 Å². The van der Waals surface area contributed by atoms with Gasteiger partial charge in [0.15, 0.2) is 0 Å². The van der Waals surface area contributed by atoms with Crippen LogP contribution in [0.25, 0.3) is 21.9 Å². The van der Waals surface area contributed by atoms with Crippen LogP contribution in [0.5, 0.6) is 0 Å². The van der Waals surface area contributed by atoms with E-state index >= 15 is 0 Å². The van der Waals surface area contributed by atoms with Crippen molar-refractivity contribution in [3.05, 3.63) is 71.0 Å². The van der Waals surface area contributed by atoms with Crippen molar-refractivity contribution in [3.8, 4) is 11.1 Å². The smallest absolute Gasteiger partial charge is 0.142 e. The second-order valence-corrected chi connectivity index (χ2v) is 5.29. The molecule has 0 unspecified atom stereocenters. The summed E-state index contributed by atoms with van der Waals surface area (Å²) in [6, 6.07) is 17.5. The Morgan fingerprint density at radius 2 is 1.50 bits per heavy atom. The van der Waals surface area contributed by atoms with Gasteiger partial charge >= 0.3 is 0 Å². The van der Waals surface area contributed by atoms with Gasteiger partial charge in [-0.05, 0) is 52.1 Å². The summed E-state index contributed by atoms with van der Waals surface area (Å²) in [4.78, 5) is 0. The van der Waals surface area contributed by atoms with Crippen LogP contribution in [0.4, 0.5) is 4.39 Å². The first-order valence-electron chi connectivity index (χ1n) is 6.65. The van der Waals surface area contributed by atoms with E-state index in [2.05, 4.69) is 37.3 Å². The van der Waals surface area contributed by atoms with Gasteiger partial charge in [-0.3, -0.25) is 0 Å².